The Hall–Kier alpha value is -3.66. The molecule has 3 amide bonds. The van der Waals surface area contributed by atoms with Gasteiger partial charge in [0.05, 0.1) is 25.4 Å². The molecule has 1 saturated heterocycles. The smallest absolute Gasteiger partial charge is 0.414 e. The summed E-state index contributed by atoms with van der Waals surface area (Å²) in [5.41, 5.74) is 1.64. The van der Waals surface area contributed by atoms with Crippen LogP contribution < -0.4 is 10.2 Å². The summed E-state index contributed by atoms with van der Waals surface area (Å²) in [5.74, 6) is -0.706. The minimum atomic E-state index is -0.617. The summed E-state index contributed by atoms with van der Waals surface area (Å²) in [7, 11) is 1.57. The van der Waals surface area contributed by atoms with Gasteiger partial charge in [0.15, 0.2) is 0 Å². The molecule has 1 aliphatic rings. The predicted molar refractivity (Wildman–Crippen MR) is 137 cm³/mol. The van der Waals surface area contributed by atoms with E-state index in [1.807, 2.05) is 32.9 Å². The Kier molecular flexibility index (Phi) is 9.09. The SMILES string of the molecule is COCCN(Cc1ccc(-c2ccc(N3C[C@H](CNC(C)=O)OC3=O)cc2F)cc1)C(=O)OC(C)(C)C. The Morgan fingerprint density at radius 1 is 1.19 bits per heavy atom. The Labute approximate surface area is 216 Å². The third kappa shape index (κ3) is 7.91. The Balaban J connectivity index is 1.69. The molecule has 1 fully saturated rings. The number of hydrogen-bond donors (Lipinski definition) is 1. The molecule has 1 aliphatic heterocycles. The van der Waals surface area contributed by atoms with Crippen molar-refractivity contribution >= 4 is 23.8 Å². The van der Waals surface area contributed by atoms with E-state index in [2.05, 4.69) is 5.32 Å². The summed E-state index contributed by atoms with van der Waals surface area (Å²) in [6.07, 6.45) is -1.53. The molecule has 10 heteroatoms. The van der Waals surface area contributed by atoms with Gasteiger partial charge in [-0.1, -0.05) is 24.3 Å². The molecule has 0 bridgehead atoms. The first-order valence-electron chi connectivity index (χ1n) is 12.0. The van der Waals surface area contributed by atoms with E-state index in [4.69, 9.17) is 14.2 Å². The number of ether oxygens (including phenoxy) is 3. The van der Waals surface area contributed by atoms with Gasteiger partial charge in [-0.3, -0.25) is 9.69 Å². The fourth-order valence-corrected chi connectivity index (χ4v) is 3.78. The van der Waals surface area contributed by atoms with Crippen molar-refractivity contribution in [1.82, 2.24) is 10.2 Å². The molecule has 0 spiro atoms. The van der Waals surface area contributed by atoms with E-state index in [0.29, 0.717) is 36.5 Å². The number of methoxy groups -OCH3 is 1. The number of hydrogen-bond acceptors (Lipinski definition) is 6. The summed E-state index contributed by atoms with van der Waals surface area (Å²) in [4.78, 5) is 38.8. The van der Waals surface area contributed by atoms with Crippen LogP contribution in [0, 0.1) is 5.82 Å². The molecule has 0 aromatic heterocycles. The lowest BCUT2D eigenvalue weighted by Crippen LogP contribution is -2.38. The minimum absolute atomic E-state index is 0.196. The van der Waals surface area contributed by atoms with Crippen molar-refractivity contribution in [2.24, 2.45) is 0 Å². The molecule has 0 unspecified atom stereocenters. The third-order valence-electron chi connectivity index (χ3n) is 5.57. The van der Waals surface area contributed by atoms with Crippen molar-refractivity contribution in [2.75, 3.05) is 38.3 Å². The average molecular weight is 516 g/mol. The van der Waals surface area contributed by atoms with Crippen molar-refractivity contribution in [3.63, 3.8) is 0 Å². The van der Waals surface area contributed by atoms with Crippen LogP contribution in [0.1, 0.15) is 33.3 Å². The number of anilines is 1. The number of amides is 3. The van der Waals surface area contributed by atoms with Crippen molar-refractivity contribution in [3.05, 3.63) is 53.8 Å². The highest BCUT2D eigenvalue weighted by Crippen LogP contribution is 2.29. The first kappa shape index (κ1) is 27.9. The van der Waals surface area contributed by atoms with E-state index in [1.165, 1.54) is 17.9 Å². The lowest BCUT2D eigenvalue weighted by Gasteiger charge is -2.27. The second-order valence-electron chi connectivity index (χ2n) is 9.81. The molecular weight excluding hydrogens is 481 g/mol. The fraction of sp³-hybridized carbons (Fsp3) is 0.444. The lowest BCUT2D eigenvalue weighted by atomic mass is 10.0. The molecule has 1 heterocycles. The van der Waals surface area contributed by atoms with Gasteiger partial charge in [0.2, 0.25) is 5.91 Å². The molecule has 0 aliphatic carbocycles. The highest BCUT2D eigenvalue weighted by molar-refractivity contribution is 5.90. The van der Waals surface area contributed by atoms with Crippen molar-refractivity contribution in [1.29, 1.82) is 0 Å². The van der Waals surface area contributed by atoms with Gasteiger partial charge in [-0.25, -0.2) is 14.0 Å². The quantitative estimate of drug-likeness (QED) is 0.534. The maximum absolute atomic E-state index is 15.1. The van der Waals surface area contributed by atoms with E-state index in [-0.39, 0.29) is 19.0 Å². The van der Waals surface area contributed by atoms with Gasteiger partial charge in [0.25, 0.3) is 0 Å². The molecule has 1 N–H and O–H groups in total. The van der Waals surface area contributed by atoms with Gasteiger partial charge < -0.3 is 24.4 Å². The van der Waals surface area contributed by atoms with E-state index in [1.54, 1.807) is 36.3 Å². The zero-order valence-corrected chi connectivity index (χ0v) is 21.9. The Bertz CT molecular complexity index is 1120. The number of benzene rings is 2. The van der Waals surface area contributed by atoms with Crippen LogP contribution in [0.15, 0.2) is 42.5 Å². The summed E-state index contributed by atoms with van der Waals surface area (Å²) in [6.45, 7) is 8.28. The molecule has 37 heavy (non-hydrogen) atoms. The maximum atomic E-state index is 15.1. The molecule has 0 radical (unpaired) electrons. The first-order chi connectivity index (χ1) is 17.5. The van der Waals surface area contributed by atoms with Crippen molar-refractivity contribution in [3.8, 4) is 11.1 Å². The van der Waals surface area contributed by atoms with Gasteiger partial charge in [0, 0.05) is 32.7 Å². The van der Waals surface area contributed by atoms with Gasteiger partial charge in [-0.15, -0.1) is 0 Å². The largest absolute Gasteiger partial charge is 0.444 e. The monoisotopic (exact) mass is 515 g/mol. The van der Waals surface area contributed by atoms with Crippen LogP contribution in [0.2, 0.25) is 0 Å². The van der Waals surface area contributed by atoms with E-state index >= 15 is 4.39 Å². The van der Waals surface area contributed by atoms with Crippen LogP contribution in [-0.2, 0) is 25.5 Å². The van der Waals surface area contributed by atoms with E-state index < -0.39 is 29.7 Å². The lowest BCUT2D eigenvalue weighted by molar-refractivity contribution is -0.119. The number of rotatable bonds is 9. The third-order valence-corrected chi connectivity index (χ3v) is 5.57. The number of nitrogens with one attached hydrogen (secondary N) is 1. The van der Waals surface area contributed by atoms with Gasteiger partial charge in [0.1, 0.15) is 17.5 Å². The fourth-order valence-electron chi connectivity index (χ4n) is 3.78. The average Bonchev–Trinajstić information content (AvgIpc) is 3.20. The maximum Gasteiger partial charge on any atom is 0.414 e. The predicted octanol–water partition coefficient (Wildman–Crippen LogP) is 4.34. The second-order valence-corrected chi connectivity index (χ2v) is 9.81. The number of carbonyl (C=O) groups excluding carboxylic acids is 3. The van der Waals surface area contributed by atoms with Crippen LogP contribution in [-0.4, -0.2) is 68.0 Å². The normalized spacial score (nSPS) is 15.4. The van der Waals surface area contributed by atoms with Gasteiger partial charge >= 0.3 is 12.2 Å². The number of nitrogens with zero attached hydrogens (tertiary/aromatic N) is 2. The molecule has 0 saturated carbocycles. The molecule has 2 aromatic rings. The molecule has 2 aromatic carbocycles. The second kappa shape index (κ2) is 12.1. The molecule has 200 valence electrons. The zero-order chi connectivity index (χ0) is 27.2. The van der Waals surface area contributed by atoms with Crippen LogP contribution in [0.5, 0.6) is 0 Å². The topological polar surface area (TPSA) is 97.4 Å². The highest BCUT2D eigenvalue weighted by Gasteiger charge is 2.32. The molecule has 9 nitrogen and oxygen atoms in total. The molecule has 1 atom stereocenters. The summed E-state index contributed by atoms with van der Waals surface area (Å²) in [5, 5.41) is 2.61. The highest BCUT2D eigenvalue weighted by atomic mass is 19.1. The van der Waals surface area contributed by atoms with E-state index in [0.717, 1.165) is 5.56 Å². The van der Waals surface area contributed by atoms with Crippen molar-refractivity contribution < 1.29 is 33.0 Å². The Morgan fingerprint density at radius 2 is 1.89 bits per heavy atom. The molecular formula is C27H34FN3O6. The number of carbonyl (C=O) groups is 3. The summed E-state index contributed by atoms with van der Waals surface area (Å²) in [6, 6.07) is 11.8. The van der Waals surface area contributed by atoms with Gasteiger partial charge in [-0.05, 0) is 50.1 Å². The van der Waals surface area contributed by atoms with Gasteiger partial charge in [-0.2, -0.15) is 0 Å². The summed E-state index contributed by atoms with van der Waals surface area (Å²) >= 11 is 0. The number of halogens is 1. The first-order valence-corrected chi connectivity index (χ1v) is 12.0. The standard InChI is InChI=1S/C27H34FN3O6/c1-18(32)29-15-22-17-31(26(34)36-22)21-10-11-23(24(28)14-21)20-8-6-19(7-9-20)16-30(12-13-35-5)25(33)37-27(2,3)4/h6-11,14,22H,12-13,15-17H2,1-5H3,(H,29,32)/t22-/m0/s1. The van der Waals surface area contributed by atoms with Crippen LogP contribution >= 0.6 is 0 Å². The van der Waals surface area contributed by atoms with Crippen LogP contribution in [0.4, 0.5) is 19.7 Å². The minimum Gasteiger partial charge on any atom is -0.444 e. The zero-order valence-electron chi connectivity index (χ0n) is 21.9. The molecule has 3 rings (SSSR count). The summed E-state index contributed by atoms with van der Waals surface area (Å²) < 4.78 is 30.9. The van der Waals surface area contributed by atoms with Crippen LogP contribution in [0.3, 0.4) is 0 Å². The van der Waals surface area contributed by atoms with Crippen molar-refractivity contribution in [2.45, 2.75) is 45.9 Å². The van der Waals surface area contributed by atoms with Crippen LogP contribution in [0.25, 0.3) is 11.1 Å². The number of cyclic esters (lactones) is 1. The Morgan fingerprint density at radius 3 is 2.49 bits per heavy atom. The van der Waals surface area contributed by atoms with E-state index in [9.17, 15) is 14.4 Å².